The van der Waals surface area contributed by atoms with Crippen molar-refractivity contribution in [3.63, 3.8) is 0 Å². The summed E-state index contributed by atoms with van der Waals surface area (Å²) in [6.45, 7) is 12.2. The average Bonchev–Trinajstić information content (AvgIpc) is 3.64. The first-order valence-corrected chi connectivity index (χ1v) is 13.0. The van der Waals surface area contributed by atoms with Crippen LogP contribution in [0.3, 0.4) is 0 Å². The number of anilines is 4. The molecule has 5 rings (SSSR count). The van der Waals surface area contributed by atoms with Gasteiger partial charge < -0.3 is 15.2 Å². The van der Waals surface area contributed by atoms with Crippen LogP contribution >= 0.6 is 0 Å². The van der Waals surface area contributed by atoms with Gasteiger partial charge in [0.25, 0.3) is 0 Å². The standard InChI is InChI=1S/C30H32N8O2/c1-19(2)38-18-23(16-32-38)33-25-8-7-13-37-24(17-31-28(25)37)12-10-21-14-22(11-9-20(21)3)34-29(39)35-27-15-26(40-36-27)30(4,5)6/h7-9,11,13-19,33H,1-6H3,(H2,34,35,36,39). The fraction of sp³-hybridized carbons (Fsp3) is 0.267. The number of hydrogen-bond donors (Lipinski definition) is 3. The van der Waals surface area contributed by atoms with Gasteiger partial charge in [0.05, 0.1) is 23.8 Å². The molecule has 0 unspecified atom stereocenters. The number of urea groups is 1. The predicted molar refractivity (Wildman–Crippen MR) is 156 cm³/mol. The highest BCUT2D eigenvalue weighted by Crippen LogP contribution is 2.25. The Hall–Kier alpha value is -5.04. The van der Waals surface area contributed by atoms with Crippen molar-refractivity contribution in [2.24, 2.45) is 0 Å². The highest BCUT2D eigenvalue weighted by Gasteiger charge is 2.20. The van der Waals surface area contributed by atoms with Gasteiger partial charge in [0, 0.05) is 41.2 Å². The lowest BCUT2D eigenvalue weighted by molar-refractivity contribution is 0.262. The molecule has 0 aliphatic rings. The minimum atomic E-state index is -0.419. The summed E-state index contributed by atoms with van der Waals surface area (Å²) in [5.74, 6) is 7.50. The molecule has 0 atom stereocenters. The summed E-state index contributed by atoms with van der Waals surface area (Å²) in [6, 6.07) is 11.1. The second kappa shape index (κ2) is 10.6. The number of fused-ring (bicyclic) bond motifs is 1. The molecule has 3 N–H and O–H groups in total. The number of carbonyl (C=O) groups excluding carboxylic acids is 1. The molecule has 1 aromatic carbocycles. The van der Waals surface area contributed by atoms with Gasteiger partial charge in [-0.05, 0) is 56.5 Å². The molecule has 0 bridgehead atoms. The van der Waals surface area contributed by atoms with Crippen LogP contribution in [0, 0.1) is 18.8 Å². The summed E-state index contributed by atoms with van der Waals surface area (Å²) in [4.78, 5) is 17.2. The summed E-state index contributed by atoms with van der Waals surface area (Å²) in [5.41, 5.74) is 5.43. The maximum Gasteiger partial charge on any atom is 0.324 e. The van der Waals surface area contributed by atoms with Gasteiger partial charge >= 0.3 is 6.03 Å². The van der Waals surface area contributed by atoms with E-state index in [1.54, 1.807) is 18.5 Å². The molecular weight excluding hydrogens is 504 g/mol. The second-order valence-electron chi connectivity index (χ2n) is 10.9. The Morgan fingerprint density at radius 2 is 1.88 bits per heavy atom. The van der Waals surface area contributed by atoms with Gasteiger partial charge in [-0.15, -0.1) is 0 Å². The predicted octanol–water partition coefficient (Wildman–Crippen LogP) is 6.49. The molecule has 0 saturated carbocycles. The topological polar surface area (TPSA) is 114 Å². The molecule has 4 aromatic heterocycles. The second-order valence-corrected chi connectivity index (χ2v) is 10.9. The third-order valence-electron chi connectivity index (χ3n) is 6.26. The zero-order chi connectivity index (χ0) is 28.4. The molecule has 4 heterocycles. The molecule has 204 valence electrons. The van der Waals surface area contributed by atoms with E-state index in [0.29, 0.717) is 17.3 Å². The Balaban J connectivity index is 1.32. The van der Waals surface area contributed by atoms with Crippen molar-refractivity contribution >= 4 is 34.6 Å². The number of pyridine rings is 1. The average molecular weight is 537 g/mol. The monoisotopic (exact) mass is 536 g/mol. The SMILES string of the molecule is Cc1ccc(NC(=O)Nc2cc(C(C)(C)C)on2)cc1C#Cc1cnc2c(Nc3cnn(C(C)C)c3)cccn12. The van der Waals surface area contributed by atoms with E-state index in [9.17, 15) is 4.79 Å². The highest BCUT2D eigenvalue weighted by atomic mass is 16.5. The largest absolute Gasteiger partial charge is 0.359 e. The summed E-state index contributed by atoms with van der Waals surface area (Å²) in [6.07, 6.45) is 7.45. The first-order chi connectivity index (χ1) is 19.1. The maximum absolute atomic E-state index is 12.6. The first-order valence-electron chi connectivity index (χ1n) is 13.0. The molecule has 0 aliphatic carbocycles. The molecule has 10 heteroatoms. The molecule has 5 aromatic rings. The number of nitrogens with zero attached hydrogens (tertiary/aromatic N) is 5. The van der Waals surface area contributed by atoms with Crippen molar-refractivity contribution in [2.75, 3.05) is 16.0 Å². The number of benzene rings is 1. The van der Waals surface area contributed by atoms with E-state index in [0.717, 1.165) is 33.8 Å². The minimum absolute atomic E-state index is 0.204. The van der Waals surface area contributed by atoms with Crippen molar-refractivity contribution in [2.45, 2.75) is 53.0 Å². The summed E-state index contributed by atoms with van der Waals surface area (Å²) in [7, 11) is 0. The van der Waals surface area contributed by atoms with Crippen LogP contribution in [0.25, 0.3) is 5.65 Å². The van der Waals surface area contributed by atoms with E-state index in [2.05, 4.69) is 56.9 Å². The van der Waals surface area contributed by atoms with Gasteiger partial charge in [-0.25, -0.2) is 9.78 Å². The molecular formula is C30H32N8O2. The van der Waals surface area contributed by atoms with E-state index in [4.69, 9.17) is 4.52 Å². The van der Waals surface area contributed by atoms with E-state index in [-0.39, 0.29) is 11.5 Å². The fourth-order valence-electron chi connectivity index (χ4n) is 3.97. The van der Waals surface area contributed by atoms with Crippen molar-refractivity contribution in [1.82, 2.24) is 24.3 Å². The molecule has 0 saturated heterocycles. The summed E-state index contributed by atoms with van der Waals surface area (Å²) < 4.78 is 9.17. The summed E-state index contributed by atoms with van der Waals surface area (Å²) >= 11 is 0. The number of nitrogens with one attached hydrogen (secondary N) is 3. The van der Waals surface area contributed by atoms with Crippen LogP contribution in [-0.2, 0) is 5.41 Å². The molecule has 10 nitrogen and oxygen atoms in total. The Labute approximate surface area is 232 Å². The van der Waals surface area contributed by atoms with Crippen LogP contribution in [0.2, 0.25) is 0 Å². The van der Waals surface area contributed by atoms with Crippen LogP contribution in [-0.4, -0.2) is 30.4 Å². The van der Waals surface area contributed by atoms with Crippen LogP contribution in [0.15, 0.2) is 65.7 Å². The molecule has 40 heavy (non-hydrogen) atoms. The number of hydrogen-bond acceptors (Lipinski definition) is 6. The Morgan fingerprint density at radius 3 is 2.60 bits per heavy atom. The number of aromatic nitrogens is 5. The zero-order valence-corrected chi connectivity index (χ0v) is 23.4. The van der Waals surface area contributed by atoms with Crippen LogP contribution in [0.5, 0.6) is 0 Å². The quantitative estimate of drug-likeness (QED) is 0.221. The van der Waals surface area contributed by atoms with Crippen molar-refractivity contribution in [3.05, 3.63) is 83.8 Å². The van der Waals surface area contributed by atoms with Crippen molar-refractivity contribution in [3.8, 4) is 11.8 Å². The zero-order valence-electron chi connectivity index (χ0n) is 23.4. The Kier molecular flexibility index (Phi) is 7.05. The van der Waals surface area contributed by atoms with Gasteiger partial charge in [-0.1, -0.05) is 37.9 Å². The normalized spacial score (nSPS) is 11.4. The number of aryl methyl sites for hydroxylation is 1. The highest BCUT2D eigenvalue weighted by molar-refractivity contribution is 5.99. The van der Waals surface area contributed by atoms with E-state index in [1.807, 2.05) is 79.5 Å². The third kappa shape index (κ3) is 5.83. The number of amides is 2. The first kappa shape index (κ1) is 26.6. The maximum atomic E-state index is 12.6. The Morgan fingerprint density at radius 1 is 1.05 bits per heavy atom. The fourth-order valence-corrected chi connectivity index (χ4v) is 3.97. The van der Waals surface area contributed by atoms with Gasteiger partial charge in [0.2, 0.25) is 0 Å². The van der Waals surface area contributed by atoms with Gasteiger partial charge in [0.15, 0.2) is 11.5 Å². The van der Waals surface area contributed by atoms with Crippen LogP contribution < -0.4 is 16.0 Å². The van der Waals surface area contributed by atoms with Crippen molar-refractivity contribution in [1.29, 1.82) is 0 Å². The lowest BCUT2D eigenvalue weighted by atomic mass is 9.93. The smallest absolute Gasteiger partial charge is 0.324 e. The van der Waals surface area contributed by atoms with Gasteiger partial charge in [0.1, 0.15) is 11.5 Å². The van der Waals surface area contributed by atoms with Crippen LogP contribution in [0.4, 0.5) is 27.7 Å². The summed E-state index contributed by atoms with van der Waals surface area (Å²) in [5, 5.41) is 17.3. The van der Waals surface area contributed by atoms with Crippen LogP contribution in [0.1, 0.15) is 63.2 Å². The molecule has 2 amide bonds. The Bertz CT molecular complexity index is 1740. The molecule has 0 radical (unpaired) electrons. The lowest BCUT2D eigenvalue weighted by Crippen LogP contribution is -2.19. The van der Waals surface area contributed by atoms with E-state index >= 15 is 0 Å². The van der Waals surface area contributed by atoms with Gasteiger partial charge in [-0.3, -0.25) is 14.4 Å². The molecule has 0 aliphatic heterocycles. The molecule has 0 spiro atoms. The molecule has 0 fully saturated rings. The number of carbonyl (C=O) groups is 1. The van der Waals surface area contributed by atoms with E-state index in [1.165, 1.54) is 0 Å². The lowest BCUT2D eigenvalue weighted by Gasteiger charge is -2.12. The van der Waals surface area contributed by atoms with E-state index < -0.39 is 6.03 Å². The number of imidazole rings is 1. The van der Waals surface area contributed by atoms with Gasteiger partial charge in [-0.2, -0.15) is 5.10 Å². The minimum Gasteiger partial charge on any atom is -0.359 e. The third-order valence-corrected chi connectivity index (χ3v) is 6.26. The van der Waals surface area contributed by atoms with Crippen molar-refractivity contribution < 1.29 is 9.32 Å². The number of rotatable bonds is 5.